The minimum absolute atomic E-state index is 0.114. The summed E-state index contributed by atoms with van der Waals surface area (Å²) < 4.78 is 1.51. The van der Waals surface area contributed by atoms with Gasteiger partial charge in [0.25, 0.3) is 11.8 Å². The molecule has 0 spiro atoms. The van der Waals surface area contributed by atoms with Crippen LogP contribution in [0, 0.1) is 0 Å². The quantitative estimate of drug-likeness (QED) is 0.467. The first kappa shape index (κ1) is 26.5. The second-order valence-corrected chi connectivity index (χ2v) is 10.7. The molecule has 9 nitrogen and oxygen atoms in total. The number of rotatable bonds is 4. The summed E-state index contributed by atoms with van der Waals surface area (Å²) in [6.45, 7) is 4.05. The maximum atomic E-state index is 14.0. The van der Waals surface area contributed by atoms with E-state index >= 15 is 0 Å². The van der Waals surface area contributed by atoms with Gasteiger partial charge in [-0.25, -0.2) is 9.67 Å². The highest BCUT2D eigenvalue weighted by Gasteiger charge is 2.43. The Bertz CT molecular complexity index is 1460. The maximum Gasteiger partial charge on any atom is 0.273 e. The molecule has 2 aromatic heterocycles. The maximum absolute atomic E-state index is 14.0. The normalized spacial score (nSPS) is 19.6. The fourth-order valence-corrected chi connectivity index (χ4v) is 5.54. The zero-order chi connectivity index (χ0) is 27.3. The van der Waals surface area contributed by atoms with Crippen molar-refractivity contribution in [3.63, 3.8) is 0 Å². The molecule has 2 aliphatic rings. The minimum atomic E-state index is -0.741. The molecule has 0 fully saturated rings. The lowest BCUT2D eigenvalue weighted by molar-refractivity contribution is -0.125. The van der Waals surface area contributed by atoms with E-state index in [-0.39, 0.29) is 41.9 Å². The van der Waals surface area contributed by atoms with Crippen LogP contribution in [-0.2, 0) is 17.8 Å². The Morgan fingerprint density at radius 2 is 1.89 bits per heavy atom. The molecule has 0 radical (unpaired) electrons. The molecule has 4 heterocycles. The van der Waals surface area contributed by atoms with Crippen LogP contribution < -0.4 is 5.32 Å². The summed E-state index contributed by atoms with van der Waals surface area (Å²) in [6.07, 6.45) is 0.432. The van der Waals surface area contributed by atoms with Crippen LogP contribution in [0.15, 0.2) is 36.4 Å². The summed E-state index contributed by atoms with van der Waals surface area (Å²) in [5, 5.41) is 8.35. The summed E-state index contributed by atoms with van der Waals surface area (Å²) >= 11 is 18.3. The van der Waals surface area contributed by atoms with Crippen molar-refractivity contribution in [2.24, 2.45) is 0 Å². The Labute approximate surface area is 234 Å². The monoisotopic (exact) mass is 574 g/mol. The van der Waals surface area contributed by atoms with Gasteiger partial charge in [-0.1, -0.05) is 40.9 Å². The zero-order valence-corrected chi connectivity index (χ0v) is 23.2. The second-order valence-electron chi connectivity index (χ2n) is 9.48. The van der Waals surface area contributed by atoms with Gasteiger partial charge < -0.3 is 15.1 Å². The predicted molar refractivity (Wildman–Crippen MR) is 144 cm³/mol. The molecule has 0 saturated heterocycles. The number of hydrogen-bond donors (Lipinski definition) is 1. The Morgan fingerprint density at radius 3 is 2.58 bits per heavy atom. The first-order valence-corrected chi connectivity index (χ1v) is 13.2. The molecule has 3 atom stereocenters. The molecule has 0 saturated carbocycles. The summed E-state index contributed by atoms with van der Waals surface area (Å²) in [7, 11) is 1.55. The average molecular weight is 576 g/mol. The van der Waals surface area contributed by atoms with Gasteiger partial charge >= 0.3 is 0 Å². The number of nitrogens with one attached hydrogen (secondary N) is 1. The van der Waals surface area contributed by atoms with E-state index in [9.17, 15) is 14.4 Å². The lowest BCUT2D eigenvalue weighted by Crippen LogP contribution is -2.49. The number of nitrogens with zero attached hydrogens (tertiary/aromatic N) is 5. The Kier molecular flexibility index (Phi) is 7.11. The fourth-order valence-electron chi connectivity index (χ4n) is 5.07. The van der Waals surface area contributed by atoms with Gasteiger partial charge in [0.15, 0.2) is 0 Å². The van der Waals surface area contributed by atoms with Crippen LogP contribution in [0.2, 0.25) is 15.2 Å². The predicted octanol–water partition coefficient (Wildman–Crippen LogP) is 4.33. The number of pyridine rings is 1. The van der Waals surface area contributed by atoms with Crippen molar-refractivity contribution in [2.75, 3.05) is 13.6 Å². The van der Waals surface area contributed by atoms with E-state index in [1.54, 1.807) is 47.2 Å². The minimum Gasteiger partial charge on any atom is -0.357 e. The molecule has 5 rings (SSSR count). The molecule has 1 N–H and O–H groups in total. The fraction of sp³-hybridized carbons (Fsp3) is 0.346. The van der Waals surface area contributed by atoms with Crippen LogP contribution in [-0.4, -0.2) is 61.9 Å². The molecular weight excluding hydrogens is 551 g/mol. The summed E-state index contributed by atoms with van der Waals surface area (Å²) in [6, 6.07) is 8.58. The molecular formula is C26H25Cl3N6O3. The van der Waals surface area contributed by atoms with Crippen molar-refractivity contribution < 1.29 is 14.4 Å². The smallest absolute Gasteiger partial charge is 0.273 e. The Morgan fingerprint density at radius 1 is 1.13 bits per heavy atom. The van der Waals surface area contributed by atoms with E-state index < -0.39 is 12.1 Å². The lowest BCUT2D eigenvalue weighted by atomic mass is 9.96. The molecule has 0 aliphatic carbocycles. The number of likely N-dealkylation sites (N-methyl/N-ethyl adjacent to an activating group) is 1. The molecule has 0 bridgehead atoms. The number of benzene rings is 1. The van der Waals surface area contributed by atoms with E-state index in [0.717, 1.165) is 0 Å². The van der Waals surface area contributed by atoms with Crippen LogP contribution in [0.25, 0.3) is 0 Å². The van der Waals surface area contributed by atoms with E-state index in [1.807, 2.05) is 13.8 Å². The number of halogens is 3. The van der Waals surface area contributed by atoms with Gasteiger partial charge in [0, 0.05) is 30.6 Å². The van der Waals surface area contributed by atoms with Gasteiger partial charge in [-0.15, -0.1) is 0 Å². The van der Waals surface area contributed by atoms with Gasteiger partial charge in [0.2, 0.25) is 5.91 Å². The molecule has 38 heavy (non-hydrogen) atoms. The van der Waals surface area contributed by atoms with Crippen LogP contribution >= 0.6 is 34.8 Å². The number of amides is 3. The molecule has 3 aromatic rings. The highest BCUT2D eigenvalue weighted by atomic mass is 35.5. The van der Waals surface area contributed by atoms with Crippen LogP contribution in [0.3, 0.4) is 0 Å². The van der Waals surface area contributed by atoms with Gasteiger partial charge in [0.05, 0.1) is 40.6 Å². The first-order valence-electron chi connectivity index (χ1n) is 12.1. The lowest BCUT2D eigenvalue weighted by Gasteiger charge is -2.37. The third-order valence-corrected chi connectivity index (χ3v) is 8.13. The number of aromatic nitrogens is 3. The summed E-state index contributed by atoms with van der Waals surface area (Å²) in [5.41, 5.74) is 2.63. The zero-order valence-electron chi connectivity index (χ0n) is 20.9. The number of hydrogen-bond acceptors (Lipinski definition) is 5. The van der Waals surface area contributed by atoms with Crippen molar-refractivity contribution in [2.45, 2.75) is 44.9 Å². The van der Waals surface area contributed by atoms with E-state index in [0.29, 0.717) is 44.8 Å². The SMILES string of the molecule is CNC(=O)[C@@H]1CN(C(C)c2cccc(Cl)n2)C(=O)c2c3c(nn21)C[C@@H](C)N(C(=O)c1ccc(Cl)c(Cl)c1)C3. The standard InChI is InChI=1S/C26H25Cl3N6O3/c1-13-9-20-16(11-33(13)25(37)15-7-8-17(27)18(28)10-15)23-26(38)34(12-21(24(36)30-3)35(23)32-20)14(2)19-5-4-6-22(29)31-19/h4-8,10,13-14,21H,9,11-12H2,1-3H3,(H,30,36)/t13-,14?,21+/m1/s1. The summed E-state index contributed by atoms with van der Waals surface area (Å²) in [4.78, 5) is 48.1. The van der Waals surface area contributed by atoms with Crippen molar-refractivity contribution in [3.05, 3.63) is 79.8 Å². The van der Waals surface area contributed by atoms with E-state index in [1.165, 1.54) is 10.7 Å². The van der Waals surface area contributed by atoms with E-state index in [2.05, 4.69) is 10.3 Å². The van der Waals surface area contributed by atoms with E-state index in [4.69, 9.17) is 39.9 Å². The topological polar surface area (TPSA) is 100 Å². The number of fused-ring (bicyclic) bond motifs is 3. The highest BCUT2D eigenvalue weighted by molar-refractivity contribution is 6.42. The van der Waals surface area contributed by atoms with Crippen molar-refractivity contribution in [3.8, 4) is 0 Å². The Balaban J connectivity index is 1.55. The summed E-state index contributed by atoms with van der Waals surface area (Å²) in [5.74, 6) is -0.794. The largest absolute Gasteiger partial charge is 0.357 e. The van der Waals surface area contributed by atoms with Gasteiger partial charge in [0.1, 0.15) is 16.9 Å². The first-order chi connectivity index (χ1) is 18.1. The highest BCUT2D eigenvalue weighted by Crippen LogP contribution is 2.35. The molecule has 198 valence electrons. The second kappa shape index (κ2) is 10.2. The van der Waals surface area contributed by atoms with Gasteiger partial charge in [-0.05, 0) is 44.2 Å². The third kappa shape index (κ3) is 4.52. The van der Waals surface area contributed by atoms with Crippen LogP contribution in [0.5, 0.6) is 0 Å². The van der Waals surface area contributed by atoms with Crippen molar-refractivity contribution >= 4 is 52.5 Å². The van der Waals surface area contributed by atoms with Crippen LogP contribution in [0.1, 0.15) is 63.7 Å². The Hall–Kier alpha value is -3.14. The van der Waals surface area contributed by atoms with Gasteiger partial charge in [-0.2, -0.15) is 5.10 Å². The average Bonchev–Trinajstić information content (AvgIpc) is 3.27. The molecule has 2 aliphatic heterocycles. The molecule has 1 unspecified atom stereocenters. The molecule has 12 heteroatoms. The van der Waals surface area contributed by atoms with Crippen LogP contribution in [0.4, 0.5) is 0 Å². The molecule has 3 amide bonds. The number of carbonyl (C=O) groups is 3. The third-order valence-electron chi connectivity index (χ3n) is 7.18. The molecule has 1 aromatic carbocycles. The number of carbonyl (C=O) groups excluding carboxylic acids is 3. The van der Waals surface area contributed by atoms with Gasteiger partial charge in [-0.3, -0.25) is 14.4 Å². The van der Waals surface area contributed by atoms with Crippen molar-refractivity contribution in [1.29, 1.82) is 0 Å². The van der Waals surface area contributed by atoms with Crippen molar-refractivity contribution in [1.82, 2.24) is 29.9 Å².